The number of nitrogens with two attached hydrogens (primary N) is 1. The molecule has 0 aromatic heterocycles. The third kappa shape index (κ3) is 5.58. The Labute approximate surface area is 120 Å². The topological polar surface area (TPSA) is 109 Å². The number of hydrogen-bond acceptors (Lipinski definition) is 4. The molecule has 0 aliphatic carbocycles. The van der Waals surface area contributed by atoms with E-state index in [1.165, 1.54) is 0 Å². The van der Waals surface area contributed by atoms with Crippen molar-refractivity contribution in [2.75, 3.05) is 15.8 Å². The Morgan fingerprint density at radius 2 is 1.95 bits per heavy atom. The number of benzene rings is 1. The molecule has 0 spiro atoms. The van der Waals surface area contributed by atoms with E-state index in [1.54, 1.807) is 24.3 Å². The molecule has 106 valence electrons. The fraction of sp³-hybridized carbons (Fsp3) is 0.364. The van der Waals surface area contributed by atoms with Gasteiger partial charge in [-0.25, -0.2) is 8.42 Å². The van der Waals surface area contributed by atoms with Gasteiger partial charge in [-0.3, -0.25) is 9.52 Å². The Hall–Kier alpha value is -1.12. The normalized spacial score (nSPS) is 12.9. The number of sulfonamides is 1. The van der Waals surface area contributed by atoms with Crippen molar-refractivity contribution >= 4 is 37.6 Å². The molecule has 8 heteroatoms. The molecule has 6 nitrogen and oxygen atoms in total. The Kier molecular flexibility index (Phi) is 5.77. The number of rotatable bonds is 7. The monoisotopic (exact) mass is 350 g/mol. The molecule has 0 heterocycles. The van der Waals surface area contributed by atoms with Crippen LogP contribution < -0.4 is 10.5 Å². The predicted octanol–water partition coefficient (Wildman–Crippen LogP) is 0.778. The minimum Gasteiger partial charge on any atom is -0.480 e. The Morgan fingerprint density at radius 1 is 1.37 bits per heavy atom. The van der Waals surface area contributed by atoms with Crippen LogP contribution in [-0.2, 0) is 21.2 Å². The average molecular weight is 351 g/mol. The molecule has 1 atom stereocenters. The van der Waals surface area contributed by atoms with Crippen molar-refractivity contribution in [3.05, 3.63) is 29.8 Å². The molecule has 0 bridgehead atoms. The van der Waals surface area contributed by atoms with Crippen molar-refractivity contribution in [2.45, 2.75) is 12.5 Å². The van der Waals surface area contributed by atoms with Gasteiger partial charge in [0.05, 0.1) is 5.75 Å². The van der Waals surface area contributed by atoms with E-state index in [9.17, 15) is 13.2 Å². The van der Waals surface area contributed by atoms with E-state index < -0.39 is 22.0 Å². The number of carbonyl (C=O) groups is 1. The van der Waals surface area contributed by atoms with Gasteiger partial charge in [-0.05, 0) is 24.1 Å². The summed E-state index contributed by atoms with van der Waals surface area (Å²) in [5.41, 5.74) is 6.58. The largest absolute Gasteiger partial charge is 0.480 e. The molecule has 0 saturated carbocycles. The van der Waals surface area contributed by atoms with Gasteiger partial charge in [0.15, 0.2) is 0 Å². The SMILES string of the molecule is NC(Cc1ccc(NS(=O)(=O)CCBr)cc1)C(=O)O. The third-order valence-corrected chi connectivity index (χ3v) is 4.56. The summed E-state index contributed by atoms with van der Waals surface area (Å²) in [6.45, 7) is 0. The second kappa shape index (κ2) is 6.88. The van der Waals surface area contributed by atoms with Gasteiger partial charge in [-0.2, -0.15) is 0 Å². The molecule has 1 rings (SSSR count). The van der Waals surface area contributed by atoms with Crippen LogP contribution >= 0.6 is 15.9 Å². The first-order valence-electron chi connectivity index (χ1n) is 5.48. The summed E-state index contributed by atoms with van der Waals surface area (Å²) in [5, 5.41) is 9.04. The molecule has 1 aromatic carbocycles. The number of anilines is 1. The Balaban J connectivity index is 2.69. The molecule has 0 saturated heterocycles. The molecule has 19 heavy (non-hydrogen) atoms. The van der Waals surface area contributed by atoms with E-state index in [0.717, 1.165) is 5.56 Å². The van der Waals surface area contributed by atoms with Gasteiger partial charge in [0.25, 0.3) is 0 Å². The number of hydrogen-bond donors (Lipinski definition) is 3. The second-order valence-corrected chi connectivity index (χ2v) is 6.59. The highest BCUT2D eigenvalue weighted by atomic mass is 79.9. The maximum absolute atomic E-state index is 11.5. The molecule has 0 aliphatic heterocycles. The summed E-state index contributed by atoms with van der Waals surface area (Å²) in [6.07, 6.45) is 0.198. The van der Waals surface area contributed by atoms with Gasteiger partial charge in [0.2, 0.25) is 10.0 Å². The highest BCUT2D eigenvalue weighted by Gasteiger charge is 2.12. The van der Waals surface area contributed by atoms with Crippen LogP contribution in [0.4, 0.5) is 5.69 Å². The fourth-order valence-corrected chi connectivity index (χ4v) is 3.46. The van der Waals surface area contributed by atoms with Crippen LogP contribution in [0.5, 0.6) is 0 Å². The summed E-state index contributed by atoms with van der Waals surface area (Å²) in [7, 11) is -3.35. The van der Waals surface area contributed by atoms with Crippen molar-refractivity contribution in [1.29, 1.82) is 0 Å². The fourth-order valence-electron chi connectivity index (χ4n) is 1.38. The number of nitrogens with one attached hydrogen (secondary N) is 1. The van der Waals surface area contributed by atoms with E-state index >= 15 is 0 Å². The first-order valence-corrected chi connectivity index (χ1v) is 8.25. The summed E-state index contributed by atoms with van der Waals surface area (Å²) < 4.78 is 25.4. The van der Waals surface area contributed by atoms with Crippen molar-refractivity contribution < 1.29 is 18.3 Å². The van der Waals surface area contributed by atoms with Crippen LogP contribution in [0.3, 0.4) is 0 Å². The van der Waals surface area contributed by atoms with Crippen LogP contribution in [0, 0.1) is 0 Å². The van der Waals surface area contributed by atoms with Gasteiger partial charge in [0.1, 0.15) is 6.04 Å². The van der Waals surface area contributed by atoms with Gasteiger partial charge >= 0.3 is 5.97 Å². The lowest BCUT2D eigenvalue weighted by molar-refractivity contribution is -0.138. The third-order valence-electron chi connectivity index (χ3n) is 2.35. The molecule has 0 radical (unpaired) electrons. The molecule has 0 aliphatic rings. The average Bonchev–Trinajstić information content (AvgIpc) is 2.31. The van der Waals surface area contributed by atoms with Gasteiger partial charge in [-0.1, -0.05) is 28.1 Å². The van der Waals surface area contributed by atoms with Crippen LogP contribution in [0.15, 0.2) is 24.3 Å². The molecular formula is C11H15BrN2O4S. The van der Waals surface area contributed by atoms with Crippen molar-refractivity contribution in [3.8, 4) is 0 Å². The quantitative estimate of drug-likeness (QED) is 0.629. The van der Waals surface area contributed by atoms with Crippen LogP contribution in [-0.4, -0.2) is 36.6 Å². The van der Waals surface area contributed by atoms with Crippen molar-refractivity contribution in [1.82, 2.24) is 0 Å². The molecule has 4 N–H and O–H groups in total. The zero-order valence-electron chi connectivity index (χ0n) is 10.0. The highest BCUT2D eigenvalue weighted by molar-refractivity contribution is 9.09. The second-order valence-electron chi connectivity index (χ2n) is 3.96. The van der Waals surface area contributed by atoms with E-state index in [1.807, 2.05) is 0 Å². The number of carboxylic acids is 1. The summed E-state index contributed by atoms with van der Waals surface area (Å²) >= 11 is 3.06. The standard InChI is InChI=1S/C11H15BrN2O4S/c12-5-6-19(17,18)14-9-3-1-8(2-4-9)7-10(13)11(15)16/h1-4,10,14H,5-7,13H2,(H,15,16). The van der Waals surface area contributed by atoms with Gasteiger partial charge < -0.3 is 10.8 Å². The first kappa shape index (κ1) is 15.9. The van der Waals surface area contributed by atoms with E-state index in [2.05, 4.69) is 20.7 Å². The summed E-state index contributed by atoms with van der Waals surface area (Å²) in [6, 6.07) is 5.49. The molecule has 1 unspecified atom stereocenters. The van der Waals surface area contributed by atoms with Crippen LogP contribution in [0.2, 0.25) is 0 Å². The Morgan fingerprint density at radius 3 is 2.42 bits per heavy atom. The van der Waals surface area contributed by atoms with Gasteiger partial charge in [0, 0.05) is 11.0 Å². The van der Waals surface area contributed by atoms with E-state index in [0.29, 0.717) is 11.0 Å². The van der Waals surface area contributed by atoms with Crippen LogP contribution in [0.1, 0.15) is 5.56 Å². The molecule has 0 fully saturated rings. The lowest BCUT2D eigenvalue weighted by Gasteiger charge is -2.09. The minimum atomic E-state index is -3.35. The molecule has 0 amide bonds. The minimum absolute atomic E-state index is 0.0152. The summed E-state index contributed by atoms with van der Waals surface area (Å²) in [5.74, 6) is -1.08. The number of carboxylic acid groups (broad SMARTS) is 1. The van der Waals surface area contributed by atoms with Gasteiger partial charge in [-0.15, -0.1) is 0 Å². The zero-order valence-corrected chi connectivity index (χ0v) is 12.4. The van der Waals surface area contributed by atoms with Crippen molar-refractivity contribution in [3.63, 3.8) is 0 Å². The number of alkyl halides is 1. The van der Waals surface area contributed by atoms with E-state index in [-0.39, 0.29) is 12.2 Å². The summed E-state index contributed by atoms with van der Waals surface area (Å²) in [4.78, 5) is 10.6. The number of halogens is 1. The maximum Gasteiger partial charge on any atom is 0.320 e. The lowest BCUT2D eigenvalue weighted by Crippen LogP contribution is -2.32. The molecular weight excluding hydrogens is 336 g/mol. The number of aliphatic carboxylic acids is 1. The Bertz CT molecular complexity index is 530. The first-order chi connectivity index (χ1) is 8.84. The zero-order chi connectivity index (χ0) is 14.5. The predicted molar refractivity (Wildman–Crippen MR) is 77.0 cm³/mol. The maximum atomic E-state index is 11.5. The van der Waals surface area contributed by atoms with E-state index in [4.69, 9.17) is 10.8 Å². The lowest BCUT2D eigenvalue weighted by atomic mass is 10.1. The highest BCUT2D eigenvalue weighted by Crippen LogP contribution is 2.13. The molecule has 1 aromatic rings. The van der Waals surface area contributed by atoms with Crippen LogP contribution in [0.25, 0.3) is 0 Å². The van der Waals surface area contributed by atoms with Crippen molar-refractivity contribution in [2.24, 2.45) is 5.73 Å². The smallest absolute Gasteiger partial charge is 0.320 e.